The summed E-state index contributed by atoms with van der Waals surface area (Å²) in [5.41, 5.74) is 4.51. The van der Waals surface area contributed by atoms with Crippen LogP contribution in [0.3, 0.4) is 0 Å². The van der Waals surface area contributed by atoms with E-state index in [4.69, 9.17) is 4.74 Å². The summed E-state index contributed by atoms with van der Waals surface area (Å²) in [4.78, 5) is 20.1. The number of methoxy groups -OCH3 is 1. The Hall–Kier alpha value is -3.97. The maximum atomic E-state index is 12.6. The zero-order valence-corrected chi connectivity index (χ0v) is 18.1. The maximum Gasteiger partial charge on any atom is 0.323 e. The van der Waals surface area contributed by atoms with Gasteiger partial charge in [0, 0.05) is 47.7 Å². The Kier molecular flexibility index (Phi) is 6.00. The van der Waals surface area contributed by atoms with Crippen LogP contribution in [-0.2, 0) is 6.54 Å². The summed E-state index contributed by atoms with van der Waals surface area (Å²) in [7, 11) is 1.59. The maximum absolute atomic E-state index is 12.6. The number of carbonyl (C=O) groups excluding carboxylic acids is 1. The fourth-order valence-corrected chi connectivity index (χ4v) is 3.80. The smallest absolute Gasteiger partial charge is 0.323 e. The van der Waals surface area contributed by atoms with Gasteiger partial charge in [-0.2, -0.15) is 0 Å². The summed E-state index contributed by atoms with van der Waals surface area (Å²) in [5, 5.41) is 7.88. The van der Waals surface area contributed by atoms with Crippen molar-refractivity contribution >= 4 is 51.7 Å². The first-order valence-corrected chi connectivity index (χ1v) is 9.92. The lowest BCUT2D eigenvalue weighted by atomic mass is 10.2. The highest BCUT2D eigenvalue weighted by atomic mass is 35.5. The molecule has 0 saturated heterocycles. The molecule has 162 valence electrons. The molecule has 2 amide bonds. The number of fused-ring (bicyclic) bond motifs is 2. The number of hydrogen-bond acceptors (Lipinski definition) is 3. The lowest BCUT2D eigenvalue weighted by Gasteiger charge is -2.11. The number of urea groups is 1. The molecule has 0 aliphatic heterocycles. The van der Waals surface area contributed by atoms with Crippen LogP contribution in [0.25, 0.3) is 21.9 Å². The zero-order valence-electron chi connectivity index (χ0n) is 17.3. The number of nitrogens with zero attached hydrogens (tertiary/aromatic N) is 2. The first-order valence-electron chi connectivity index (χ1n) is 9.92. The van der Waals surface area contributed by atoms with E-state index in [2.05, 4.69) is 31.2 Å². The van der Waals surface area contributed by atoms with Gasteiger partial charge in [0.1, 0.15) is 11.4 Å². The normalized spacial score (nSPS) is 10.7. The highest BCUT2D eigenvalue weighted by Crippen LogP contribution is 2.27. The highest BCUT2D eigenvalue weighted by molar-refractivity contribution is 6.05. The van der Waals surface area contributed by atoms with Gasteiger partial charge in [-0.05, 0) is 48.0 Å². The second kappa shape index (κ2) is 9.03. The van der Waals surface area contributed by atoms with Crippen LogP contribution in [0, 0.1) is 0 Å². The van der Waals surface area contributed by atoms with Crippen molar-refractivity contribution in [2.75, 3.05) is 17.7 Å². The van der Waals surface area contributed by atoms with Crippen molar-refractivity contribution in [3.63, 3.8) is 0 Å². The minimum atomic E-state index is -0.309. The number of aromatic nitrogens is 3. The number of hydrogen-bond donors (Lipinski definition) is 3. The Morgan fingerprint density at radius 3 is 2.81 bits per heavy atom. The third kappa shape index (κ3) is 4.10. The second-order valence-electron chi connectivity index (χ2n) is 7.20. The van der Waals surface area contributed by atoms with E-state index >= 15 is 0 Å². The van der Waals surface area contributed by atoms with Crippen molar-refractivity contribution in [1.82, 2.24) is 14.5 Å². The largest absolute Gasteiger partial charge is 0.497 e. The van der Waals surface area contributed by atoms with E-state index in [9.17, 15) is 4.79 Å². The summed E-state index contributed by atoms with van der Waals surface area (Å²) >= 11 is 0. The van der Waals surface area contributed by atoms with Crippen molar-refractivity contribution < 1.29 is 9.53 Å². The number of aromatic amines is 1. The van der Waals surface area contributed by atoms with Crippen LogP contribution in [0.1, 0.15) is 5.56 Å². The van der Waals surface area contributed by atoms with E-state index < -0.39 is 0 Å². The van der Waals surface area contributed by atoms with Crippen LogP contribution in [0.15, 0.2) is 79.3 Å². The summed E-state index contributed by atoms with van der Waals surface area (Å²) in [6, 6.07) is 18.9. The van der Waals surface area contributed by atoms with Crippen molar-refractivity contribution in [2.45, 2.75) is 6.54 Å². The fourth-order valence-electron chi connectivity index (χ4n) is 3.80. The molecule has 2 aromatic carbocycles. The molecule has 5 aromatic rings. The molecule has 3 heterocycles. The average molecular weight is 448 g/mol. The molecule has 0 radical (unpaired) electrons. The number of nitrogens with one attached hydrogen (secondary N) is 3. The van der Waals surface area contributed by atoms with Crippen molar-refractivity contribution in [3.8, 4) is 5.75 Å². The summed E-state index contributed by atoms with van der Waals surface area (Å²) in [6.07, 6.45) is 5.75. The standard InChI is InChI=1S/C24H21N5O2.ClH/c1-31-18-5-2-4-17(14-18)27-24(30)28-21-6-3-7-22-20(21)10-13-29(22)15-16-8-11-25-23-19(16)9-12-26-23;/h2-14H,15H2,1H3,(H,25,26)(H2,27,28,30);1H. The van der Waals surface area contributed by atoms with E-state index in [0.29, 0.717) is 18.0 Å². The Morgan fingerprint density at radius 2 is 1.94 bits per heavy atom. The number of H-pyrrole nitrogens is 1. The topological polar surface area (TPSA) is 84.0 Å². The van der Waals surface area contributed by atoms with Gasteiger partial charge >= 0.3 is 6.03 Å². The van der Waals surface area contributed by atoms with Crippen molar-refractivity contribution in [1.29, 1.82) is 0 Å². The number of halogens is 1. The molecule has 0 bridgehead atoms. The highest BCUT2D eigenvalue weighted by Gasteiger charge is 2.11. The molecule has 0 fully saturated rings. The molecule has 0 saturated carbocycles. The molecule has 32 heavy (non-hydrogen) atoms. The Bertz CT molecular complexity index is 1390. The molecule has 0 unspecified atom stereocenters. The predicted octanol–water partition coefficient (Wildman–Crippen LogP) is 5.64. The molecule has 0 atom stereocenters. The molecular weight excluding hydrogens is 426 g/mol. The van der Waals surface area contributed by atoms with Gasteiger partial charge in [0.05, 0.1) is 18.3 Å². The molecule has 0 spiro atoms. The van der Waals surface area contributed by atoms with Crippen LogP contribution in [0.5, 0.6) is 5.75 Å². The summed E-state index contributed by atoms with van der Waals surface area (Å²) < 4.78 is 7.37. The van der Waals surface area contributed by atoms with E-state index in [1.54, 1.807) is 13.2 Å². The molecule has 7 nitrogen and oxygen atoms in total. The average Bonchev–Trinajstić information content (AvgIpc) is 3.42. The number of pyridine rings is 1. The quantitative estimate of drug-likeness (QED) is 0.326. The SMILES string of the molecule is COc1cccc(NC(=O)Nc2cccc3c2ccn3Cc2ccnc3[nH]ccc23)c1.Cl. The van der Waals surface area contributed by atoms with Crippen molar-refractivity contribution in [3.05, 3.63) is 84.8 Å². The lowest BCUT2D eigenvalue weighted by molar-refractivity contribution is 0.262. The first kappa shape index (κ1) is 21.3. The molecule has 0 aliphatic carbocycles. The van der Waals surface area contributed by atoms with E-state index in [1.165, 1.54) is 5.56 Å². The Morgan fingerprint density at radius 1 is 1.06 bits per heavy atom. The van der Waals surface area contributed by atoms with Crippen LogP contribution in [0.4, 0.5) is 16.2 Å². The number of amides is 2. The van der Waals surface area contributed by atoms with E-state index in [0.717, 1.165) is 27.6 Å². The first-order chi connectivity index (χ1) is 15.2. The van der Waals surface area contributed by atoms with E-state index in [-0.39, 0.29) is 18.4 Å². The van der Waals surface area contributed by atoms with Crippen LogP contribution in [-0.4, -0.2) is 27.7 Å². The second-order valence-corrected chi connectivity index (χ2v) is 7.20. The zero-order chi connectivity index (χ0) is 21.2. The predicted molar refractivity (Wildman–Crippen MR) is 130 cm³/mol. The number of anilines is 2. The molecule has 8 heteroatoms. The van der Waals surface area contributed by atoms with Crippen LogP contribution >= 0.6 is 12.4 Å². The Balaban J connectivity index is 0.00000245. The van der Waals surface area contributed by atoms with Crippen LogP contribution < -0.4 is 15.4 Å². The van der Waals surface area contributed by atoms with Gasteiger partial charge in [-0.3, -0.25) is 0 Å². The third-order valence-corrected chi connectivity index (χ3v) is 5.28. The molecule has 5 rings (SSSR count). The van der Waals surface area contributed by atoms with Crippen LogP contribution in [0.2, 0.25) is 0 Å². The van der Waals surface area contributed by atoms with Gasteiger partial charge in [-0.25, -0.2) is 9.78 Å². The van der Waals surface area contributed by atoms with Crippen molar-refractivity contribution in [2.24, 2.45) is 0 Å². The number of rotatable bonds is 5. The van der Waals surface area contributed by atoms with Gasteiger partial charge in [-0.15, -0.1) is 12.4 Å². The Labute approximate surface area is 190 Å². The molecule has 3 N–H and O–H groups in total. The summed E-state index contributed by atoms with van der Waals surface area (Å²) in [6.45, 7) is 0.708. The minimum absolute atomic E-state index is 0. The van der Waals surface area contributed by atoms with Gasteiger partial charge < -0.3 is 24.9 Å². The number of ether oxygens (including phenoxy) is 1. The monoisotopic (exact) mass is 447 g/mol. The number of carbonyl (C=O) groups is 1. The summed E-state index contributed by atoms with van der Waals surface area (Å²) in [5.74, 6) is 0.685. The van der Waals surface area contributed by atoms with Gasteiger partial charge in [0.25, 0.3) is 0 Å². The van der Waals surface area contributed by atoms with Gasteiger partial charge in [-0.1, -0.05) is 12.1 Å². The van der Waals surface area contributed by atoms with Gasteiger partial charge in [0.15, 0.2) is 0 Å². The molecule has 3 aromatic heterocycles. The third-order valence-electron chi connectivity index (χ3n) is 5.28. The van der Waals surface area contributed by atoms with Gasteiger partial charge in [0.2, 0.25) is 0 Å². The molecule has 0 aliphatic rings. The van der Waals surface area contributed by atoms with E-state index in [1.807, 2.05) is 67.1 Å². The minimum Gasteiger partial charge on any atom is -0.497 e. The number of benzene rings is 2. The fraction of sp³-hybridized carbons (Fsp3) is 0.0833. The lowest BCUT2D eigenvalue weighted by Crippen LogP contribution is -2.19. The molecular formula is C24H22ClN5O2.